The largest absolute Gasteiger partial charge is 0.496 e. The monoisotopic (exact) mass is 427 g/mol. The van der Waals surface area contributed by atoms with E-state index in [0.717, 1.165) is 17.7 Å². The van der Waals surface area contributed by atoms with Crippen LogP contribution < -0.4 is 14.8 Å². The summed E-state index contributed by atoms with van der Waals surface area (Å²) in [5.74, 6) is 0.218. The van der Waals surface area contributed by atoms with Crippen LogP contribution in [-0.2, 0) is 6.18 Å². The Hall–Kier alpha value is -2.41. The molecular formula is C21H21ClF3NO3. The van der Waals surface area contributed by atoms with Crippen LogP contribution in [0.4, 0.5) is 13.2 Å². The summed E-state index contributed by atoms with van der Waals surface area (Å²) < 4.78 is 48.8. The number of carbonyl (C=O) groups excluding carboxylic acids is 1. The molecule has 0 aliphatic heterocycles. The molecule has 0 bridgehead atoms. The zero-order chi connectivity index (χ0) is 21.6. The molecule has 1 aliphatic rings. The van der Waals surface area contributed by atoms with Crippen LogP contribution in [0.15, 0.2) is 36.4 Å². The molecule has 8 heteroatoms. The Balaban J connectivity index is 1.80. The minimum Gasteiger partial charge on any atom is -0.496 e. The lowest BCUT2D eigenvalue weighted by Crippen LogP contribution is -2.29. The number of benzene rings is 2. The van der Waals surface area contributed by atoms with Crippen molar-refractivity contribution in [3.05, 3.63) is 58.1 Å². The second kappa shape index (κ2) is 7.44. The van der Waals surface area contributed by atoms with Crippen molar-refractivity contribution < 1.29 is 27.4 Å². The number of ether oxygens (including phenoxy) is 2. The molecule has 2 atom stereocenters. The van der Waals surface area contributed by atoms with Crippen LogP contribution in [-0.4, -0.2) is 26.2 Å². The lowest BCUT2D eigenvalue weighted by Gasteiger charge is -2.13. The second-order valence-electron chi connectivity index (χ2n) is 7.56. The first-order valence-corrected chi connectivity index (χ1v) is 9.28. The van der Waals surface area contributed by atoms with Gasteiger partial charge in [-0.2, -0.15) is 13.2 Å². The Kier molecular flexibility index (Phi) is 5.47. The predicted octanol–water partition coefficient (Wildman–Crippen LogP) is 5.30. The molecule has 1 aliphatic carbocycles. The molecule has 1 amide bonds. The highest BCUT2D eigenvalue weighted by atomic mass is 35.5. The highest BCUT2D eigenvalue weighted by molar-refractivity contribution is 6.32. The van der Waals surface area contributed by atoms with Gasteiger partial charge in [0.05, 0.1) is 30.4 Å². The van der Waals surface area contributed by atoms with Crippen molar-refractivity contribution in [2.24, 2.45) is 5.41 Å². The molecule has 3 rings (SSSR count). The van der Waals surface area contributed by atoms with Crippen LogP contribution in [0.3, 0.4) is 0 Å². The second-order valence-corrected chi connectivity index (χ2v) is 7.96. The fourth-order valence-corrected chi connectivity index (χ4v) is 3.91. The Morgan fingerprint density at radius 2 is 1.66 bits per heavy atom. The Bertz CT molecular complexity index is 926. The summed E-state index contributed by atoms with van der Waals surface area (Å²) in [6.45, 7) is 3.91. The van der Waals surface area contributed by atoms with E-state index in [1.807, 2.05) is 13.8 Å². The molecule has 0 saturated heterocycles. The van der Waals surface area contributed by atoms with Gasteiger partial charge in [-0.1, -0.05) is 37.6 Å². The fraction of sp³-hybridized carbons (Fsp3) is 0.381. The van der Waals surface area contributed by atoms with E-state index in [2.05, 4.69) is 5.32 Å². The normalized spacial score (nSPS) is 20.1. The maximum absolute atomic E-state index is 12.8. The average Bonchev–Trinajstić information content (AvgIpc) is 3.20. The number of nitrogens with one attached hydrogen (secondary N) is 1. The minimum atomic E-state index is -4.38. The van der Waals surface area contributed by atoms with E-state index >= 15 is 0 Å². The number of halogens is 4. The zero-order valence-corrected chi connectivity index (χ0v) is 17.1. The standard InChI is InChI=1S/C21H21ClF3NO3/c1-20(2)17(11-5-7-12(8-6-11)21(23,24)25)18(20)26-19(27)13-9-14(22)16(29-4)10-15(13)28-3/h5-10,17-18H,1-4H3,(H,26,27)/t17-,18?/m0/s1. The Morgan fingerprint density at radius 1 is 1.07 bits per heavy atom. The van der Waals surface area contributed by atoms with Crippen LogP contribution >= 0.6 is 11.6 Å². The molecule has 1 saturated carbocycles. The molecular weight excluding hydrogens is 407 g/mol. The predicted molar refractivity (Wildman–Crippen MR) is 104 cm³/mol. The van der Waals surface area contributed by atoms with Gasteiger partial charge in [0.25, 0.3) is 5.91 Å². The summed E-state index contributed by atoms with van der Waals surface area (Å²) in [7, 11) is 2.90. The third-order valence-electron chi connectivity index (χ3n) is 5.43. The number of amides is 1. The maximum atomic E-state index is 12.8. The van der Waals surface area contributed by atoms with E-state index in [4.69, 9.17) is 21.1 Å². The van der Waals surface area contributed by atoms with E-state index < -0.39 is 11.7 Å². The summed E-state index contributed by atoms with van der Waals surface area (Å²) in [6.07, 6.45) is -4.38. The van der Waals surface area contributed by atoms with Crippen molar-refractivity contribution in [1.82, 2.24) is 5.32 Å². The van der Waals surface area contributed by atoms with Gasteiger partial charge in [-0.25, -0.2) is 0 Å². The van der Waals surface area contributed by atoms with Gasteiger partial charge in [0.2, 0.25) is 0 Å². The Labute approximate surface area is 172 Å². The third kappa shape index (κ3) is 4.01. The van der Waals surface area contributed by atoms with Gasteiger partial charge in [-0.3, -0.25) is 4.79 Å². The average molecular weight is 428 g/mol. The number of alkyl halides is 3. The molecule has 29 heavy (non-hydrogen) atoms. The van der Waals surface area contributed by atoms with E-state index in [-0.39, 0.29) is 33.9 Å². The van der Waals surface area contributed by atoms with Crippen molar-refractivity contribution in [1.29, 1.82) is 0 Å². The lowest BCUT2D eigenvalue weighted by atomic mass is 10.0. The van der Waals surface area contributed by atoms with E-state index in [9.17, 15) is 18.0 Å². The van der Waals surface area contributed by atoms with Crippen LogP contribution in [0.5, 0.6) is 11.5 Å². The van der Waals surface area contributed by atoms with Crippen molar-refractivity contribution in [3.63, 3.8) is 0 Å². The SMILES string of the molecule is COc1cc(OC)c(C(=O)NC2[C@H](c3ccc(C(F)(F)F)cc3)C2(C)C)cc1Cl. The van der Waals surface area contributed by atoms with E-state index in [1.165, 1.54) is 38.5 Å². The van der Waals surface area contributed by atoms with Gasteiger partial charge in [0, 0.05) is 18.0 Å². The molecule has 4 nitrogen and oxygen atoms in total. The van der Waals surface area contributed by atoms with Crippen molar-refractivity contribution in [2.75, 3.05) is 14.2 Å². The number of methoxy groups -OCH3 is 2. The van der Waals surface area contributed by atoms with Crippen molar-refractivity contribution in [3.8, 4) is 11.5 Å². The van der Waals surface area contributed by atoms with Crippen LogP contribution in [0.2, 0.25) is 5.02 Å². The summed E-state index contributed by atoms with van der Waals surface area (Å²) in [5.41, 5.74) is -0.00284. The number of rotatable bonds is 5. The Morgan fingerprint density at radius 3 is 2.17 bits per heavy atom. The molecule has 1 N–H and O–H groups in total. The van der Waals surface area contributed by atoms with Crippen LogP contribution in [0.25, 0.3) is 0 Å². The molecule has 0 spiro atoms. The van der Waals surface area contributed by atoms with Crippen LogP contribution in [0.1, 0.15) is 41.3 Å². The van der Waals surface area contributed by atoms with Gasteiger partial charge >= 0.3 is 6.18 Å². The first-order chi connectivity index (χ1) is 13.5. The summed E-state index contributed by atoms with van der Waals surface area (Å²) in [6, 6.07) is 7.82. The topological polar surface area (TPSA) is 47.6 Å². The first-order valence-electron chi connectivity index (χ1n) is 8.90. The first kappa shape index (κ1) is 21.3. The van der Waals surface area contributed by atoms with Gasteiger partial charge in [-0.05, 0) is 29.2 Å². The molecule has 0 heterocycles. The molecule has 1 unspecified atom stereocenters. The maximum Gasteiger partial charge on any atom is 0.416 e. The highest BCUT2D eigenvalue weighted by Gasteiger charge is 2.59. The summed E-state index contributed by atoms with van der Waals surface area (Å²) in [5, 5.41) is 3.22. The van der Waals surface area contributed by atoms with Crippen LogP contribution in [0, 0.1) is 5.41 Å². The lowest BCUT2D eigenvalue weighted by molar-refractivity contribution is -0.137. The molecule has 0 radical (unpaired) electrons. The smallest absolute Gasteiger partial charge is 0.416 e. The minimum absolute atomic E-state index is 0.103. The molecule has 2 aromatic rings. The molecule has 0 aromatic heterocycles. The van der Waals surface area contributed by atoms with Gasteiger partial charge < -0.3 is 14.8 Å². The quantitative estimate of drug-likeness (QED) is 0.704. The zero-order valence-electron chi connectivity index (χ0n) is 16.4. The van der Waals surface area contributed by atoms with E-state index in [0.29, 0.717) is 11.5 Å². The van der Waals surface area contributed by atoms with Gasteiger partial charge in [0.15, 0.2) is 0 Å². The van der Waals surface area contributed by atoms with E-state index in [1.54, 1.807) is 0 Å². The van der Waals surface area contributed by atoms with Gasteiger partial charge in [0.1, 0.15) is 11.5 Å². The van der Waals surface area contributed by atoms with Crippen molar-refractivity contribution in [2.45, 2.75) is 32.0 Å². The fourth-order valence-electron chi connectivity index (χ4n) is 3.67. The molecule has 1 fully saturated rings. The van der Waals surface area contributed by atoms with Crippen molar-refractivity contribution >= 4 is 17.5 Å². The number of carbonyl (C=O) groups is 1. The highest BCUT2D eigenvalue weighted by Crippen LogP contribution is 2.59. The molecule has 156 valence electrons. The van der Waals surface area contributed by atoms with Gasteiger partial charge in [-0.15, -0.1) is 0 Å². The number of hydrogen-bond donors (Lipinski definition) is 1. The number of hydrogen-bond acceptors (Lipinski definition) is 3. The molecule has 2 aromatic carbocycles. The summed E-state index contributed by atoms with van der Waals surface area (Å²) >= 11 is 6.13. The third-order valence-corrected chi connectivity index (χ3v) is 5.72. The summed E-state index contributed by atoms with van der Waals surface area (Å²) in [4.78, 5) is 12.8.